The largest absolute Gasteiger partial charge is 0.338 e. The number of allylic oxidation sites excluding steroid dienone is 1. The van der Waals surface area contributed by atoms with Crippen molar-refractivity contribution >= 4 is 28.4 Å². The summed E-state index contributed by atoms with van der Waals surface area (Å²) in [7, 11) is 1.40. The van der Waals surface area contributed by atoms with Crippen molar-refractivity contribution in [2.75, 3.05) is 5.32 Å². The van der Waals surface area contributed by atoms with Gasteiger partial charge < -0.3 is 5.32 Å². The number of aromatic nitrogens is 2. The Labute approximate surface area is 155 Å². The predicted molar refractivity (Wildman–Crippen MR) is 106 cm³/mol. The molecule has 0 unspecified atom stereocenters. The lowest BCUT2D eigenvalue weighted by atomic mass is 10.0. The number of carbonyl (C=O) groups excluding carboxylic acids is 1. The van der Waals surface area contributed by atoms with Crippen molar-refractivity contribution in [1.82, 2.24) is 9.13 Å². The fraction of sp³-hybridized carbons (Fsp3) is 0.190. The number of benzene rings is 2. The second-order valence-corrected chi connectivity index (χ2v) is 6.60. The van der Waals surface area contributed by atoms with Crippen LogP contribution in [0.5, 0.6) is 0 Å². The van der Waals surface area contributed by atoms with E-state index < -0.39 is 11.2 Å². The third-order valence-electron chi connectivity index (χ3n) is 4.84. The van der Waals surface area contributed by atoms with Crippen LogP contribution in [0.1, 0.15) is 29.3 Å². The van der Waals surface area contributed by atoms with Crippen molar-refractivity contribution in [2.45, 2.75) is 19.9 Å². The molecule has 0 atom stereocenters. The number of hydrogen-bond acceptors (Lipinski definition) is 4. The van der Waals surface area contributed by atoms with E-state index in [0.717, 1.165) is 20.9 Å². The number of nitrogens with zero attached hydrogens (tertiary/aromatic N) is 2. The highest BCUT2D eigenvalue weighted by molar-refractivity contribution is 6.20. The van der Waals surface area contributed by atoms with Crippen LogP contribution in [0, 0.1) is 0 Å². The summed E-state index contributed by atoms with van der Waals surface area (Å²) in [6, 6.07) is 13.7. The zero-order chi connectivity index (χ0) is 19.1. The summed E-state index contributed by atoms with van der Waals surface area (Å²) in [6.45, 7) is 2.37. The maximum Gasteiger partial charge on any atom is 0.332 e. The molecule has 0 radical (unpaired) electrons. The van der Waals surface area contributed by atoms with E-state index in [-0.39, 0.29) is 11.3 Å². The average Bonchev–Trinajstić information content (AvgIpc) is 3.00. The van der Waals surface area contributed by atoms with Crippen molar-refractivity contribution in [3.05, 3.63) is 80.1 Å². The lowest BCUT2D eigenvalue weighted by Crippen LogP contribution is -2.40. The van der Waals surface area contributed by atoms with Crippen LogP contribution >= 0.6 is 0 Å². The van der Waals surface area contributed by atoms with Crippen molar-refractivity contribution in [3.63, 3.8) is 0 Å². The molecule has 0 amide bonds. The van der Waals surface area contributed by atoms with Gasteiger partial charge in [-0.05, 0) is 28.8 Å². The monoisotopic (exact) mass is 361 g/mol. The molecule has 0 spiro atoms. The quantitative estimate of drug-likeness (QED) is 0.728. The second kappa shape index (κ2) is 6.39. The predicted octanol–water partition coefficient (Wildman–Crippen LogP) is 2.76. The Morgan fingerprint density at radius 2 is 1.78 bits per heavy atom. The molecule has 0 fully saturated rings. The first kappa shape index (κ1) is 17.0. The fourth-order valence-electron chi connectivity index (χ4n) is 3.49. The summed E-state index contributed by atoms with van der Waals surface area (Å²) in [4.78, 5) is 37.9. The molecule has 1 aliphatic rings. The minimum absolute atomic E-state index is 0.0250. The third-order valence-corrected chi connectivity index (χ3v) is 4.84. The van der Waals surface area contributed by atoms with Gasteiger partial charge in [0.2, 0.25) is 5.78 Å². The molecule has 3 aromatic rings. The number of anilines is 1. The van der Waals surface area contributed by atoms with E-state index >= 15 is 0 Å². The standard InChI is InChI=1S/C21H19N3O3/c1-3-11-24-19-17(20(26)23(2)21(24)27)18(25)16(22-19)12-14-9-6-8-13-7-4-5-10-15(13)14/h4-10,12,22H,3,11H2,1-2H3/b16-12-. The van der Waals surface area contributed by atoms with E-state index in [9.17, 15) is 14.4 Å². The Kier molecular flexibility index (Phi) is 4.03. The van der Waals surface area contributed by atoms with Gasteiger partial charge >= 0.3 is 5.69 Å². The third kappa shape index (κ3) is 2.61. The van der Waals surface area contributed by atoms with Crippen molar-refractivity contribution in [2.24, 2.45) is 7.05 Å². The molecule has 27 heavy (non-hydrogen) atoms. The molecule has 4 rings (SSSR count). The molecule has 1 N–H and O–H groups in total. The smallest absolute Gasteiger partial charge is 0.332 e. The zero-order valence-electron chi connectivity index (χ0n) is 15.2. The zero-order valence-corrected chi connectivity index (χ0v) is 15.2. The Balaban J connectivity index is 1.90. The topological polar surface area (TPSA) is 73.1 Å². The van der Waals surface area contributed by atoms with Gasteiger partial charge in [0.1, 0.15) is 11.4 Å². The minimum Gasteiger partial charge on any atom is -0.338 e. The molecular weight excluding hydrogens is 342 g/mol. The highest BCUT2D eigenvalue weighted by Crippen LogP contribution is 2.28. The SMILES string of the molecule is CCCn1c2c(c(=O)n(C)c1=O)C(=O)/C(=C/c1cccc3ccccc13)N2. The molecule has 0 aliphatic carbocycles. The fourth-order valence-corrected chi connectivity index (χ4v) is 3.49. The molecule has 6 heteroatoms. The van der Waals surface area contributed by atoms with Crippen LogP contribution in [-0.4, -0.2) is 14.9 Å². The van der Waals surface area contributed by atoms with Gasteiger partial charge in [0.05, 0.1) is 5.70 Å². The molecule has 0 saturated heterocycles. The van der Waals surface area contributed by atoms with Crippen molar-refractivity contribution in [3.8, 4) is 0 Å². The maximum absolute atomic E-state index is 12.9. The number of rotatable bonds is 3. The maximum atomic E-state index is 12.9. The second-order valence-electron chi connectivity index (χ2n) is 6.60. The van der Waals surface area contributed by atoms with Gasteiger partial charge in [-0.3, -0.25) is 18.7 Å². The summed E-state index contributed by atoms with van der Waals surface area (Å²) in [6.07, 6.45) is 2.45. The molecule has 136 valence electrons. The van der Waals surface area contributed by atoms with E-state index in [2.05, 4.69) is 5.32 Å². The first-order chi connectivity index (χ1) is 13.0. The van der Waals surface area contributed by atoms with Gasteiger partial charge in [-0.15, -0.1) is 0 Å². The molecular formula is C21H19N3O3. The van der Waals surface area contributed by atoms with Gasteiger partial charge in [0.15, 0.2) is 0 Å². The van der Waals surface area contributed by atoms with Crippen LogP contribution in [0.25, 0.3) is 16.8 Å². The van der Waals surface area contributed by atoms with E-state index in [1.165, 1.54) is 11.6 Å². The summed E-state index contributed by atoms with van der Waals surface area (Å²) < 4.78 is 2.45. The number of carbonyl (C=O) groups is 1. The lowest BCUT2D eigenvalue weighted by molar-refractivity contribution is 0.104. The number of hydrogen-bond donors (Lipinski definition) is 1. The Hall–Kier alpha value is -3.41. The highest BCUT2D eigenvalue weighted by Gasteiger charge is 2.32. The Bertz CT molecular complexity index is 1230. The molecule has 1 aromatic heterocycles. The normalized spacial score (nSPS) is 14.6. The van der Waals surface area contributed by atoms with Gasteiger partial charge in [-0.1, -0.05) is 49.4 Å². The van der Waals surface area contributed by atoms with Gasteiger partial charge in [0, 0.05) is 13.6 Å². The molecule has 6 nitrogen and oxygen atoms in total. The van der Waals surface area contributed by atoms with E-state index in [4.69, 9.17) is 0 Å². The lowest BCUT2D eigenvalue weighted by Gasteiger charge is -2.11. The summed E-state index contributed by atoms with van der Waals surface area (Å²) in [5, 5.41) is 5.10. The Morgan fingerprint density at radius 3 is 2.56 bits per heavy atom. The van der Waals surface area contributed by atoms with Crippen LogP contribution < -0.4 is 16.6 Å². The van der Waals surface area contributed by atoms with Crippen LogP contribution in [0.4, 0.5) is 5.82 Å². The molecule has 2 aromatic carbocycles. The van der Waals surface area contributed by atoms with Gasteiger partial charge in [-0.25, -0.2) is 4.79 Å². The van der Waals surface area contributed by atoms with E-state index in [1.807, 2.05) is 49.4 Å². The van der Waals surface area contributed by atoms with Crippen molar-refractivity contribution < 1.29 is 4.79 Å². The summed E-state index contributed by atoms with van der Waals surface area (Å²) in [5.41, 5.74) is 0.206. The minimum atomic E-state index is -0.568. The number of fused-ring (bicyclic) bond motifs is 2. The molecule has 0 saturated carbocycles. The first-order valence-corrected chi connectivity index (χ1v) is 8.88. The van der Waals surface area contributed by atoms with Gasteiger partial charge in [-0.2, -0.15) is 0 Å². The number of nitrogens with one attached hydrogen (secondary N) is 1. The van der Waals surface area contributed by atoms with Gasteiger partial charge in [0.25, 0.3) is 5.56 Å². The molecule has 2 heterocycles. The van der Waals surface area contributed by atoms with Crippen LogP contribution in [0.3, 0.4) is 0 Å². The van der Waals surface area contributed by atoms with Crippen LogP contribution in [-0.2, 0) is 13.6 Å². The first-order valence-electron chi connectivity index (χ1n) is 8.88. The molecule has 1 aliphatic heterocycles. The Morgan fingerprint density at radius 1 is 1.04 bits per heavy atom. The van der Waals surface area contributed by atoms with Crippen LogP contribution in [0.2, 0.25) is 0 Å². The highest BCUT2D eigenvalue weighted by atomic mass is 16.2. The van der Waals surface area contributed by atoms with Crippen LogP contribution in [0.15, 0.2) is 57.8 Å². The van der Waals surface area contributed by atoms with E-state index in [0.29, 0.717) is 24.5 Å². The molecule has 0 bridgehead atoms. The summed E-state index contributed by atoms with van der Waals surface area (Å²) >= 11 is 0. The average molecular weight is 361 g/mol. The van der Waals surface area contributed by atoms with E-state index in [1.54, 1.807) is 6.08 Å². The number of Topliss-reactive ketones (excluding diaryl/α,β-unsaturated/α-hetero) is 1. The summed E-state index contributed by atoms with van der Waals surface area (Å²) in [5.74, 6) is -0.0928. The van der Waals surface area contributed by atoms with Crippen molar-refractivity contribution in [1.29, 1.82) is 0 Å². The number of ketones is 1.